The molecule has 3 heterocycles. The molecule has 0 saturated carbocycles. The predicted molar refractivity (Wildman–Crippen MR) is 124 cm³/mol. The molecule has 13 heteroatoms. The van der Waals surface area contributed by atoms with Gasteiger partial charge in [0.05, 0.1) is 12.3 Å². The fraction of sp³-hybridized carbons (Fsp3) is 0.417. The number of nitrogens with one attached hydrogen (secondary N) is 2. The van der Waals surface area contributed by atoms with Crippen molar-refractivity contribution in [1.82, 2.24) is 25.0 Å². The van der Waals surface area contributed by atoms with Crippen molar-refractivity contribution in [1.29, 1.82) is 0 Å². The zero-order chi connectivity index (χ0) is 27.0. The van der Waals surface area contributed by atoms with Crippen LogP contribution in [0.25, 0.3) is 0 Å². The first-order chi connectivity index (χ1) is 17.4. The van der Waals surface area contributed by atoms with Gasteiger partial charge in [-0.25, -0.2) is 4.39 Å². The minimum atomic E-state index is -4.81. The number of carbonyl (C=O) groups excluding carboxylic acids is 2. The predicted octanol–water partition coefficient (Wildman–Crippen LogP) is 3.76. The summed E-state index contributed by atoms with van der Waals surface area (Å²) in [5.41, 5.74) is -0.413. The zero-order valence-corrected chi connectivity index (χ0v) is 20.3. The van der Waals surface area contributed by atoms with Crippen LogP contribution in [0, 0.1) is 11.2 Å². The van der Waals surface area contributed by atoms with Crippen LogP contribution in [0.3, 0.4) is 0 Å². The maximum atomic E-state index is 14.3. The third kappa shape index (κ3) is 5.66. The van der Waals surface area contributed by atoms with Crippen LogP contribution in [0.5, 0.6) is 0 Å². The maximum Gasteiger partial charge on any atom is 0.410 e. The highest BCUT2D eigenvalue weighted by molar-refractivity contribution is 5.94. The summed E-state index contributed by atoms with van der Waals surface area (Å²) in [4.78, 5) is 31.0. The Bertz CT molecular complexity index is 1250. The van der Waals surface area contributed by atoms with Crippen LogP contribution >= 0.6 is 0 Å². The number of halogens is 4. The molecule has 198 valence electrons. The van der Waals surface area contributed by atoms with E-state index in [2.05, 4.69) is 20.7 Å². The molecule has 9 nitrogen and oxygen atoms in total. The molecule has 4 rings (SSSR count). The van der Waals surface area contributed by atoms with Crippen LogP contribution in [0.2, 0.25) is 0 Å². The second kappa shape index (κ2) is 9.96. The number of furan rings is 1. The summed E-state index contributed by atoms with van der Waals surface area (Å²) in [5, 5.41) is 9.75. The number of amides is 1. The highest BCUT2D eigenvalue weighted by Crippen LogP contribution is 2.37. The van der Waals surface area contributed by atoms with Crippen LogP contribution in [-0.2, 0) is 11.3 Å². The summed E-state index contributed by atoms with van der Waals surface area (Å²) in [7, 11) is 0. The molecule has 0 spiro atoms. The molecule has 37 heavy (non-hydrogen) atoms. The van der Waals surface area contributed by atoms with Gasteiger partial charge in [-0.2, -0.15) is 22.8 Å². The highest BCUT2D eigenvalue weighted by Gasteiger charge is 2.54. The van der Waals surface area contributed by atoms with Crippen molar-refractivity contribution >= 4 is 17.8 Å². The fourth-order valence-corrected chi connectivity index (χ4v) is 4.03. The summed E-state index contributed by atoms with van der Waals surface area (Å²) >= 11 is 0. The lowest BCUT2D eigenvalue weighted by molar-refractivity contribution is -0.205. The molecule has 0 radical (unpaired) electrons. The van der Waals surface area contributed by atoms with E-state index in [1.165, 1.54) is 42.7 Å². The molecule has 0 bridgehead atoms. The molecule has 2 N–H and O–H groups in total. The van der Waals surface area contributed by atoms with Crippen molar-refractivity contribution < 1.29 is 31.6 Å². The van der Waals surface area contributed by atoms with Crippen LogP contribution in [0.1, 0.15) is 48.8 Å². The Hall–Kier alpha value is -3.74. The van der Waals surface area contributed by atoms with Crippen molar-refractivity contribution in [3.05, 3.63) is 65.6 Å². The number of alkyl halides is 3. The lowest BCUT2D eigenvalue weighted by Crippen LogP contribution is -2.62. The average Bonchev–Trinajstić information content (AvgIpc) is 3.52. The van der Waals surface area contributed by atoms with E-state index in [1.54, 1.807) is 20.8 Å². The molecule has 1 aliphatic heterocycles. The third-order valence-corrected chi connectivity index (χ3v) is 5.80. The van der Waals surface area contributed by atoms with Crippen LogP contribution in [0.4, 0.5) is 23.5 Å². The topological polar surface area (TPSA) is 105 Å². The van der Waals surface area contributed by atoms with Crippen molar-refractivity contribution in [2.45, 2.75) is 45.6 Å². The quantitative estimate of drug-likeness (QED) is 0.492. The van der Waals surface area contributed by atoms with Crippen molar-refractivity contribution in [2.75, 3.05) is 18.4 Å². The van der Waals surface area contributed by atoms with E-state index in [9.17, 15) is 27.2 Å². The van der Waals surface area contributed by atoms with Crippen molar-refractivity contribution in [2.24, 2.45) is 5.41 Å². The lowest BCUT2D eigenvalue weighted by Gasteiger charge is -2.43. The molecule has 1 saturated heterocycles. The molecule has 1 fully saturated rings. The van der Waals surface area contributed by atoms with E-state index < -0.39 is 41.3 Å². The SMILES string of the molecule is CC(C)(C)C(=O)N1CCNC(c2nc(NCc3ccc(F)cc3)n(C(=O)c3ccco3)n2)C1C(F)(F)F. The second-order valence-electron chi connectivity index (χ2n) is 9.63. The number of piperazine rings is 1. The van der Waals surface area contributed by atoms with Crippen LogP contribution in [0.15, 0.2) is 47.1 Å². The molecule has 1 amide bonds. The Kier molecular flexibility index (Phi) is 7.09. The molecule has 3 aromatic rings. The molecule has 2 aromatic heterocycles. The van der Waals surface area contributed by atoms with Crippen LogP contribution in [-0.4, -0.2) is 56.8 Å². The van der Waals surface area contributed by atoms with E-state index in [1.807, 2.05) is 0 Å². The monoisotopic (exact) mass is 522 g/mol. The molecule has 2 atom stereocenters. The molecule has 0 aliphatic carbocycles. The third-order valence-electron chi connectivity index (χ3n) is 5.80. The first kappa shape index (κ1) is 26.3. The number of benzene rings is 1. The minimum absolute atomic E-state index is 0.0675. The first-order valence-corrected chi connectivity index (χ1v) is 11.5. The lowest BCUT2D eigenvalue weighted by atomic mass is 9.91. The van der Waals surface area contributed by atoms with Gasteiger partial charge >= 0.3 is 12.1 Å². The van der Waals surface area contributed by atoms with E-state index >= 15 is 0 Å². The summed E-state index contributed by atoms with van der Waals surface area (Å²) in [6.07, 6.45) is -3.54. The number of anilines is 1. The summed E-state index contributed by atoms with van der Waals surface area (Å²) in [6, 6.07) is 4.60. The standard InChI is InChI=1S/C24H26F4N6O3/c1-23(2,3)21(36)33-11-10-29-17(18(33)24(26,27)28)19-31-22(30-13-14-6-8-15(25)9-7-14)34(32-19)20(35)16-5-4-12-37-16/h4-9,12,17-18,29H,10-11,13H2,1-3H3,(H,30,31,32). The minimum Gasteiger partial charge on any atom is -0.459 e. The number of nitrogens with zero attached hydrogens (tertiary/aromatic N) is 4. The van der Waals surface area contributed by atoms with Gasteiger partial charge in [0.1, 0.15) is 5.82 Å². The zero-order valence-electron chi connectivity index (χ0n) is 20.3. The van der Waals surface area contributed by atoms with E-state index in [0.717, 1.165) is 9.58 Å². The van der Waals surface area contributed by atoms with Gasteiger partial charge in [0, 0.05) is 25.0 Å². The van der Waals surface area contributed by atoms with Gasteiger partial charge in [-0.1, -0.05) is 32.9 Å². The number of hydrogen-bond donors (Lipinski definition) is 2. The Morgan fingerprint density at radius 3 is 2.46 bits per heavy atom. The Labute approximate surface area is 209 Å². The van der Waals surface area contributed by atoms with Gasteiger partial charge in [-0.3, -0.25) is 9.59 Å². The normalized spacial score (nSPS) is 18.6. The summed E-state index contributed by atoms with van der Waals surface area (Å²) < 4.78 is 62.2. The number of hydrogen-bond acceptors (Lipinski definition) is 7. The number of rotatable bonds is 5. The molecule has 1 aliphatic rings. The molecular weight excluding hydrogens is 496 g/mol. The molecular formula is C24H26F4N6O3. The van der Waals surface area contributed by atoms with Gasteiger partial charge < -0.3 is 20.0 Å². The van der Waals surface area contributed by atoms with E-state index in [0.29, 0.717) is 5.56 Å². The van der Waals surface area contributed by atoms with Gasteiger partial charge in [0.25, 0.3) is 0 Å². The van der Waals surface area contributed by atoms with Gasteiger partial charge in [-0.15, -0.1) is 5.10 Å². The molecule has 1 aromatic carbocycles. The Morgan fingerprint density at radius 2 is 1.86 bits per heavy atom. The summed E-state index contributed by atoms with van der Waals surface area (Å²) in [5.74, 6) is -2.42. The van der Waals surface area contributed by atoms with E-state index in [4.69, 9.17) is 4.42 Å². The van der Waals surface area contributed by atoms with Gasteiger partial charge in [-0.05, 0) is 29.8 Å². The van der Waals surface area contributed by atoms with Gasteiger partial charge in [0.2, 0.25) is 11.9 Å². The van der Waals surface area contributed by atoms with Crippen LogP contribution < -0.4 is 10.6 Å². The smallest absolute Gasteiger partial charge is 0.410 e. The van der Waals surface area contributed by atoms with Gasteiger partial charge in [0.15, 0.2) is 17.6 Å². The Morgan fingerprint density at radius 1 is 1.16 bits per heavy atom. The number of aromatic nitrogens is 3. The molecule has 2 unspecified atom stereocenters. The van der Waals surface area contributed by atoms with Crippen molar-refractivity contribution in [3.8, 4) is 0 Å². The summed E-state index contributed by atoms with van der Waals surface area (Å²) in [6.45, 7) is 4.64. The maximum absolute atomic E-state index is 14.3. The largest absolute Gasteiger partial charge is 0.459 e. The van der Waals surface area contributed by atoms with Crippen molar-refractivity contribution in [3.63, 3.8) is 0 Å². The Balaban J connectivity index is 1.72. The first-order valence-electron chi connectivity index (χ1n) is 11.5. The average molecular weight is 523 g/mol. The van der Waals surface area contributed by atoms with E-state index in [-0.39, 0.29) is 37.2 Å². The second-order valence-corrected chi connectivity index (χ2v) is 9.63. The number of carbonyl (C=O) groups is 2. The fourth-order valence-electron chi connectivity index (χ4n) is 4.03. The highest BCUT2D eigenvalue weighted by atomic mass is 19.4.